The van der Waals surface area contributed by atoms with Crippen LogP contribution >= 0.6 is 0 Å². The Kier molecular flexibility index (Phi) is 6.16. The van der Waals surface area contributed by atoms with Crippen molar-refractivity contribution in [3.8, 4) is 6.07 Å². The molecule has 3 rings (SSSR count). The molecule has 0 radical (unpaired) electrons. The molecule has 2 N–H and O–H groups in total. The molecule has 6 heteroatoms. The summed E-state index contributed by atoms with van der Waals surface area (Å²) < 4.78 is 0. The van der Waals surface area contributed by atoms with E-state index in [-0.39, 0.29) is 23.7 Å². The van der Waals surface area contributed by atoms with E-state index in [2.05, 4.69) is 21.7 Å². The van der Waals surface area contributed by atoms with Gasteiger partial charge in [-0.3, -0.25) is 14.6 Å². The van der Waals surface area contributed by atoms with Crippen molar-refractivity contribution in [3.63, 3.8) is 0 Å². The van der Waals surface area contributed by atoms with Gasteiger partial charge in [0.05, 0.1) is 11.6 Å². The number of benzene rings is 1. The number of hydrogen-bond donors (Lipinski definition) is 2. The van der Waals surface area contributed by atoms with Crippen LogP contribution in [-0.2, 0) is 16.1 Å². The minimum Gasteiger partial charge on any atom is -0.352 e. The third kappa shape index (κ3) is 5.14. The third-order valence-electron chi connectivity index (χ3n) is 4.92. The maximum atomic E-state index is 12.5. The standard InChI is InChI=1S/C21H22N4O2/c22-12-15-3-1-5-19(11-15)25-21(27)18-8-6-17(7-9-18)20(26)24-14-16-4-2-10-23-13-16/h1-5,10-11,13,17-18H,6-9,14H2,(H,24,26)(H,25,27). The van der Waals surface area contributed by atoms with Crippen molar-refractivity contribution in [2.45, 2.75) is 32.2 Å². The second-order valence-electron chi connectivity index (χ2n) is 6.81. The Hall–Kier alpha value is -3.20. The Bertz CT molecular complexity index is 837. The Morgan fingerprint density at radius 1 is 1.07 bits per heavy atom. The van der Waals surface area contributed by atoms with Crippen LogP contribution in [0.3, 0.4) is 0 Å². The molecule has 27 heavy (non-hydrogen) atoms. The van der Waals surface area contributed by atoms with Crippen molar-refractivity contribution < 1.29 is 9.59 Å². The summed E-state index contributed by atoms with van der Waals surface area (Å²) >= 11 is 0. The highest BCUT2D eigenvalue weighted by molar-refractivity contribution is 5.93. The molecule has 0 bridgehead atoms. The molecule has 0 unspecified atom stereocenters. The average molecular weight is 362 g/mol. The topological polar surface area (TPSA) is 94.9 Å². The van der Waals surface area contributed by atoms with Crippen LogP contribution in [0.2, 0.25) is 0 Å². The SMILES string of the molecule is N#Cc1cccc(NC(=O)C2CCC(C(=O)NCc3cccnc3)CC2)c1. The molecule has 1 heterocycles. The molecule has 138 valence electrons. The first kappa shape index (κ1) is 18.6. The van der Waals surface area contributed by atoms with Crippen molar-refractivity contribution >= 4 is 17.5 Å². The number of aromatic nitrogens is 1. The minimum absolute atomic E-state index is 0.0411. The number of hydrogen-bond acceptors (Lipinski definition) is 4. The monoisotopic (exact) mass is 362 g/mol. The Morgan fingerprint density at radius 3 is 2.48 bits per heavy atom. The average Bonchev–Trinajstić information content (AvgIpc) is 2.73. The van der Waals surface area contributed by atoms with Crippen LogP contribution in [0.1, 0.15) is 36.8 Å². The summed E-state index contributed by atoms with van der Waals surface area (Å²) in [6.07, 6.45) is 6.23. The molecule has 0 aliphatic heterocycles. The molecule has 1 aliphatic carbocycles. The van der Waals surface area contributed by atoms with E-state index in [0.717, 1.165) is 5.56 Å². The molecule has 0 atom stereocenters. The number of amides is 2. The number of nitrogens with zero attached hydrogens (tertiary/aromatic N) is 2. The van der Waals surface area contributed by atoms with Crippen LogP contribution in [-0.4, -0.2) is 16.8 Å². The lowest BCUT2D eigenvalue weighted by Crippen LogP contribution is -2.35. The van der Waals surface area contributed by atoms with Crippen LogP contribution in [0.4, 0.5) is 5.69 Å². The van der Waals surface area contributed by atoms with Crippen LogP contribution < -0.4 is 10.6 Å². The summed E-state index contributed by atoms with van der Waals surface area (Å²) in [5.41, 5.74) is 2.12. The molecule has 2 amide bonds. The second kappa shape index (κ2) is 8.95. The summed E-state index contributed by atoms with van der Waals surface area (Å²) in [7, 11) is 0. The van der Waals surface area contributed by atoms with Gasteiger partial charge in [-0.2, -0.15) is 5.26 Å². The number of carbonyl (C=O) groups excluding carboxylic acids is 2. The number of nitriles is 1. The van der Waals surface area contributed by atoms with E-state index in [4.69, 9.17) is 5.26 Å². The molecular weight excluding hydrogens is 340 g/mol. The van der Waals surface area contributed by atoms with Gasteiger partial charge in [0.15, 0.2) is 0 Å². The summed E-state index contributed by atoms with van der Waals surface area (Å²) in [5.74, 6) is -0.149. The van der Waals surface area contributed by atoms with Crippen LogP contribution in [0, 0.1) is 23.2 Å². The highest BCUT2D eigenvalue weighted by Gasteiger charge is 2.29. The highest BCUT2D eigenvalue weighted by atomic mass is 16.2. The Balaban J connectivity index is 1.45. The van der Waals surface area contributed by atoms with Gasteiger partial charge in [-0.15, -0.1) is 0 Å². The fourth-order valence-electron chi connectivity index (χ4n) is 3.36. The number of nitrogens with one attached hydrogen (secondary N) is 2. The van der Waals surface area contributed by atoms with E-state index in [1.807, 2.05) is 12.1 Å². The van der Waals surface area contributed by atoms with Crippen molar-refractivity contribution in [1.29, 1.82) is 5.26 Å². The smallest absolute Gasteiger partial charge is 0.227 e. The van der Waals surface area contributed by atoms with Gasteiger partial charge in [0.25, 0.3) is 0 Å². The lowest BCUT2D eigenvalue weighted by molar-refractivity contribution is -0.128. The maximum absolute atomic E-state index is 12.5. The number of carbonyl (C=O) groups is 2. The molecule has 6 nitrogen and oxygen atoms in total. The van der Waals surface area contributed by atoms with E-state index in [1.54, 1.807) is 36.7 Å². The first-order valence-corrected chi connectivity index (χ1v) is 9.13. The molecule has 1 fully saturated rings. The Labute approximate surface area is 158 Å². The number of rotatable bonds is 5. The van der Waals surface area contributed by atoms with E-state index in [9.17, 15) is 9.59 Å². The van der Waals surface area contributed by atoms with Gasteiger partial charge in [-0.1, -0.05) is 12.1 Å². The van der Waals surface area contributed by atoms with E-state index in [1.165, 1.54) is 0 Å². The maximum Gasteiger partial charge on any atom is 0.227 e. The first-order valence-electron chi connectivity index (χ1n) is 9.13. The van der Waals surface area contributed by atoms with Gasteiger partial charge in [-0.05, 0) is 55.5 Å². The first-order chi connectivity index (χ1) is 13.2. The highest BCUT2D eigenvalue weighted by Crippen LogP contribution is 2.30. The molecule has 0 saturated heterocycles. The third-order valence-corrected chi connectivity index (χ3v) is 4.92. The fraction of sp³-hybridized carbons (Fsp3) is 0.333. The molecule has 0 spiro atoms. The minimum atomic E-state index is -0.0990. The quantitative estimate of drug-likeness (QED) is 0.855. The van der Waals surface area contributed by atoms with Crippen molar-refractivity contribution in [2.24, 2.45) is 11.8 Å². The van der Waals surface area contributed by atoms with Crippen LogP contribution in [0.25, 0.3) is 0 Å². The normalized spacial score (nSPS) is 18.9. The molecule has 1 saturated carbocycles. The molecular formula is C21H22N4O2. The van der Waals surface area contributed by atoms with Crippen LogP contribution in [0.15, 0.2) is 48.8 Å². The molecule has 1 aliphatic rings. The lowest BCUT2D eigenvalue weighted by atomic mass is 9.81. The van der Waals surface area contributed by atoms with Gasteiger partial charge in [0, 0.05) is 36.5 Å². The molecule has 1 aromatic heterocycles. The van der Waals surface area contributed by atoms with E-state index >= 15 is 0 Å². The summed E-state index contributed by atoms with van der Waals surface area (Å²) in [6.45, 7) is 0.475. The lowest BCUT2D eigenvalue weighted by Gasteiger charge is -2.27. The molecule has 1 aromatic carbocycles. The Morgan fingerprint density at radius 2 is 1.81 bits per heavy atom. The van der Waals surface area contributed by atoms with Gasteiger partial charge >= 0.3 is 0 Å². The zero-order chi connectivity index (χ0) is 19.1. The van der Waals surface area contributed by atoms with Crippen LogP contribution in [0.5, 0.6) is 0 Å². The number of pyridine rings is 1. The van der Waals surface area contributed by atoms with Gasteiger partial charge in [0.1, 0.15) is 0 Å². The van der Waals surface area contributed by atoms with Crippen molar-refractivity contribution in [3.05, 3.63) is 59.9 Å². The number of anilines is 1. The van der Waals surface area contributed by atoms with E-state index < -0.39 is 0 Å². The largest absolute Gasteiger partial charge is 0.352 e. The predicted molar refractivity (Wildman–Crippen MR) is 101 cm³/mol. The fourth-order valence-corrected chi connectivity index (χ4v) is 3.36. The van der Waals surface area contributed by atoms with Crippen molar-refractivity contribution in [1.82, 2.24) is 10.3 Å². The summed E-state index contributed by atoms with van der Waals surface area (Å²) in [5, 5.41) is 14.8. The zero-order valence-corrected chi connectivity index (χ0v) is 15.0. The van der Waals surface area contributed by atoms with Gasteiger partial charge in [-0.25, -0.2) is 0 Å². The van der Waals surface area contributed by atoms with Gasteiger partial charge < -0.3 is 10.6 Å². The zero-order valence-electron chi connectivity index (χ0n) is 15.0. The van der Waals surface area contributed by atoms with E-state index in [0.29, 0.717) is 43.5 Å². The van der Waals surface area contributed by atoms with Gasteiger partial charge in [0.2, 0.25) is 11.8 Å². The second-order valence-corrected chi connectivity index (χ2v) is 6.81. The molecule has 2 aromatic rings. The van der Waals surface area contributed by atoms with Crippen molar-refractivity contribution in [2.75, 3.05) is 5.32 Å². The summed E-state index contributed by atoms with van der Waals surface area (Å²) in [4.78, 5) is 28.8. The predicted octanol–water partition coefficient (Wildman–Crippen LogP) is 3.01. The summed E-state index contributed by atoms with van der Waals surface area (Å²) in [6, 6.07) is 12.7.